The summed E-state index contributed by atoms with van der Waals surface area (Å²) in [5.41, 5.74) is 7.26. The summed E-state index contributed by atoms with van der Waals surface area (Å²) in [5.74, 6) is 0.817. The number of nitrogens with zero attached hydrogens (tertiary/aromatic N) is 3. The van der Waals surface area contributed by atoms with Gasteiger partial charge in [-0.2, -0.15) is 0 Å². The molecule has 0 aromatic carbocycles. The minimum absolute atomic E-state index is 0.513. The summed E-state index contributed by atoms with van der Waals surface area (Å²) in [5, 5.41) is 0. The molecule has 7 nitrogen and oxygen atoms in total. The molecule has 0 atom stereocenters. The first-order chi connectivity index (χ1) is 10.2. The highest BCUT2D eigenvalue weighted by Gasteiger charge is 2.21. The second-order valence-corrected chi connectivity index (χ2v) is 6.10. The van der Waals surface area contributed by atoms with E-state index in [9.17, 15) is 0 Å². The van der Waals surface area contributed by atoms with E-state index in [-0.39, 0.29) is 0 Å². The maximum absolute atomic E-state index is 5.83. The van der Waals surface area contributed by atoms with Crippen molar-refractivity contribution in [2.75, 3.05) is 39.3 Å². The molecule has 1 saturated heterocycles. The van der Waals surface area contributed by atoms with Crippen LogP contribution in [0.3, 0.4) is 0 Å². The van der Waals surface area contributed by atoms with Crippen molar-refractivity contribution in [1.29, 1.82) is 0 Å². The van der Waals surface area contributed by atoms with Crippen LogP contribution in [-0.4, -0.2) is 56.3 Å². The Kier molecular flexibility index (Phi) is 6.57. The van der Waals surface area contributed by atoms with Crippen LogP contribution in [0.4, 0.5) is 0 Å². The van der Waals surface area contributed by atoms with E-state index in [1.807, 2.05) is 18.7 Å². The van der Waals surface area contributed by atoms with Crippen LogP contribution in [0.15, 0.2) is 21.4 Å². The minimum Gasteiger partial charge on any atom is -0.400 e. The topological polar surface area (TPSA) is 81.7 Å². The van der Waals surface area contributed by atoms with Gasteiger partial charge in [-0.3, -0.25) is 4.99 Å². The monoisotopic (exact) mass is 314 g/mol. The third-order valence-corrected chi connectivity index (χ3v) is 4.26. The van der Waals surface area contributed by atoms with Crippen LogP contribution in [0.1, 0.15) is 20.3 Å². The Bertz CT molecular complexity index is 429. The second-order valence-electron chi connectivity index (χ2n) is 4.66. The fraction of sp³-hybridized carbons (Fsp3) is 0.692. The van der Waals surface area contributed by atoms with Crippen molar-refractivity contribution in [3.8, 4) is 0 Å². The highest BCUT2D eigenvalue weighted by atomic mass is 31.2. The van der Waals surface area contributed by atoms with Gasteiger partial charge in [0.15, 0.2) is 14.2 Å². The maximum Gasteiger partial charge on any atom is 0.198 e. The van der Waals surface area contributed by atoms with Crippen molar-refractivity contribution < 1.29 is 13.8 Å². The fourth-order valence-corrected chi connectivity index (χ4v) is 3.11. The number of amidine groups is 1. The van der Waals surface area contributed by atoms with Crippen molar-refractivity contribution in [1.82, 2.24) is 4.90 Å². The molecule has 2 N–H and O–H groups in total. The predicted molar refractivity (Wildman–Crippen MR) is 84.3 cm³/mol. The lowest BCUT2D eigenvalue weighted by Gasteiger charge is -2.22. The maximum atomic E-state index is 5.83. The van der Waals surface area contributed by atoms with E-state index in [2.05, 4.69) is 9.98 Å². The molecule has 0 spiro atoms. The summed E-state index contributed by atoms with van der Waals surface area (Å²) < 4.78 is 16.6. The van der Waals surface area contributed by atoms with E-state index in [1.165, 1.54) is 0 Å². The summed E-state index contributed by atoms with van der Waals surface area (Å²) in [6, 6.07) is 0. The molecule has 118 valence electrons. The Morgan fingerprint density at radius 3 is 2.95 bits per heavy atom. The van der Waals surface area contributed by atoms with Gasteiger partial charge in [0.25, 0.3) is 0 Å². The molecular weight excluding hydrogens is 291 g/mol. The first-order valence-electron chi connectivity index (χ1n) is 7.15. The van der Waals surface area contributed by atoms with E-state index in [4.69, 9.17) is 19.5 Å². The smallest absolute Gasteiger partial charge is 0.198 e. The van der Waals surface area contributed by atoms with E-state index in [1.54, 1.807) is 6.34 Å². The third kappa shape index (κ3) is 4.74. The molecular formula is C13H23N4O3P. The Hall–Kier alpha value is -1.01. The average Bonchev–Trinajstić information content (AvgIpc) is 2.88. The van der Waals surface area contributed by atoms with Gasteiger partial charge in [0.1, 0.15) is 12.0 Å². The standard InChI is InChI=1S/C13H23N4O3P/c1-3-15-13-12(11(2)14)16-9-17(13)5-8-18-10-21-19-6-4-7-20-21/h9H,3-8,10,14H2,1-2H3/b12-11-,15-13+. The fourth-order valence-electron chi connectivity index (χ4n) is 1.94. The summed E-state index contributed by atoms with van der Waals surface area (Å²) in [7, 11) is -0.866. The van der Waals surface area contributed by atoms with Crippen molar-refractivity contribution in [3.63, 3.8) is 0 Å². The highest BCUT2D eigenvalue weighted by molar-refractivity contribution is 7.47. The van der Waals surface area contributed by atoms with E-state index < -0.39 is 8.38 Å². The number of rotatable bonds is 6. The van der Waals surface area contributed by atoms with Gasteiger partial charge >= 0.3 is 0 Å². The van der Waals surface area contributed by atoms with Crippen LogP contribution in [0.5, 0.6) is 0 Å². The molecule has 0 bridgehead atoms. The molecule has 2 aliphatic heterocycles. The Labute approximate surface area is 126 Å². The molecule has 1 fully saturated rings. The molecule has 8 heteroatoms. The average molecular weight is 314 g/mol. The third-order valence-electron chi connectivity index (χ3n) is 2.92. The first-order valence-corrected chi connectivity index (χ1v) is 8.51. The molecule has 0 radical (unpaired) electrons. The molecule has 0 aromatic rings. The highest BCUT2D eigenvalue weighted by Crippen LogP contribution is 2.40. The zero-order chi connectivity index (χ0) is 15.1. The van der Waals surface area contributed by atoms with E-state index in [0.29, 0.717) is 31.7 Å². The van der Waals surface area contributed by atoms with Gasteiger partial charge in [-0.15, -0.1) is 0 Å². The van der Waals surface area contributed by atoms with Gasteiger partial charge in [-0.25, -0.2) is 4.99 Å². The van der Waals surface area contributed by atoms with Crippen LogP contribution in [-0.2, 0) is 13.8 Å². The lowest BCUT2D eigenvalue weighted by atomic mass is 10.3. The van der Waals surface area contributed by atoms with Crippen molar-refractivity contribution in [2.45, 2.75) is 20.3 Å². The largest absolute Gasteiger partial charge is 0.400 e. The molecule has 0 amide bonds. The summed E-state index contributed by atoms with van der Waals surface area (Å²) in [6.07, 6.45) is 3.23. The lowest BCUT2D eigenvalue weighted by Crippen LogP contribution is -2.30. The van der Waals surface area contributed by atoms with Gasteiger partial charge in [-0.1, -0.05) is 0 Å². The molecule has 0 aliphatic carbocycles. The lowest BCUT2D eigenvalue weighted by molar-refractivity contribution is 0.125. The zero-order valence-corrected chi connectivity index (χ0v) is 13.5. The SMILES string of the molecule is CC/N=C1\C(=C(/C)N)N=CN1CCOCP1OCCCO1. The predicted octanol–water partition coefficient (Wildman–Crippen LogP) is 1.66. The van der Waals surface area contributed by atoms with Crippen LogP contribution >= 0.6 is 8.38 Å². The van der Waals surface area contributed by atoms with Crippen LogP contribution in [0, 0.1) is 0 Å². The molecule has 21 heavy (non-hydrogen) atoms. The molecule has 2 heterocycles. The Balaban J connectivity index is 1.76. The number of allylic oxidation sites excluding steroid dienone is 1. The van der Waals surface area contributed by atoms with Gasteiger partial charge in [0, 0.05) is 18.8 Å². The molecule has 2 rings (SSSR count). The summed E-state index contributed by atoms with van der Waals surface area (Å²) in [4.78, 5) is 10.7. The Morgan fingerprint density at radius 1 is 1.52 bits per heavy atom. The normalized spacial score (nSPS) is 24.1. The number of nitrogens with two attached hydrogens (primary N) is 1. The second kappa shape index (κ2) is 8.44. The quantitative estimate of drug-likeness (QED) is 0.595. The van der Waals surface area contributed by atoms with Crippen LogP contribution < -0.4 is 5.73 Å². The van der Waals surface area contributed by atoms with Gasteiger partial charge in [-0.05, 0) is 20.3 Å². The number of ether oxygens (including phenoxy) is 1. The van der Waals surface area contributed by atoms with Crippen molar-refractivity contribution >= 4 is 20.5 Å². The van der Waals surface area contributed by atoms with E-state index in [0.717, 1.165) is 31.2 Å². The van der Waals surface area contributed by atoms with Gasteiger partial charge in [0.2, 0.25) is 0 Å². The number of hydrogen-bond acceptors (Lipinski definition) is 6. The first kappa shape index (κ1) is 16.4. The minimum atomic E-state index is -0.866. The zero-order valence-electron chi connectivity index (χ0n) is 12.6. The molecule has 2 aliphatic rings. The van der Waals surface area contributed by atoms with Crippen molar-refractivity contribution in [3.05, 3.63) is 11.4 Å². The van der Waals surface area contributed by atoms with Gasteiger partial charge in [0.05, 0.1) is 26.2 Å². The Morgan fingerprint density at radius 2 is 2.29 bits per heavy atom. The number of hydrogen-bond donors (Lipinski definition) is 1. The van der Waals surface area contributed by atoms with E-state index >= 15 is 0 Å². The van der Waals surface area contributed by atoms with Crippen LogP contribution in [0.25, 0.3) is 0 Å². The number of aliphatic imine (C=N–C) groups is 2. The summed E-state index contributed by atoms with van der Waals surface area (Å²) >= 11 is 0. The van der Waals surface area contributed by atoms with Crippen molar-refractivity contribution in [2.24, 2.45) is 15.7 Å². The molecule has 0 aromatic heterocycles. The molecule has 0 unspecified atom stereocenters. The molecule has 0 saturated carbocycles. The van der Waals surface area contributed by atoms with Crippen LogP contribution in [0.2, 0.25) is 0 Å². The van der Waals surface area contributed by atoms with Gasteiger partial charge < -0.3 is 24.4 Å². The summed E-state index contributed by atoms with van der Waals surface area (Å²) in [6.45, 7) is 7.30.